The van der Waals surface area contributed by atoms with Crippen molar-refractivity contribution in [2.75, 3.05) is 40.3 Å². The number of ether oxygens (including phenoxy) is 1. The van der Waals surface area contributed by atoms with Gasteiger partial charge in [0.2, 0.25) is 0 Å². The standard InChI is InChI=1S/C25H26FN5O6S/c1-28(2)38(35,36)31-12-10-29(11-13-31)25(34)37-23-18-4-3-9-27-21(18)22(32)20-19(23)15-30(24(20)33)14-16-5-7-17(26)8-6-16/h3-9,32H,10-15H2,1-2H3. The number of nitrogens with zero attached hydrogens (tertiary/aromatic N) is 5. The fourth-order valence-corrected chi connectivity index (χ4v) is 5.74. The average Bonchev–Trinajstić information content (AvgIpc) is 3.23. The first-order valence-electron chi connectivity index (χ1n) is 11.9. The second-order valence-electron chi connectivity index (χ2n) is 9.26. The molecule has 0 spiro atoms. The van der Waals surface area contributed by atoms with Gasteiger partial charge in [-0.05, 0) is 29.8 Å². The molecule has 5 rings (SSSR count). The van der Waals surface area contributed by atoms with E-state index in [2.05, 4.69) is 4.98 Å². The van der Waals surface area contributed by atoms with Crippen LogP contribution in [-0.2, 0) is 23.3 Å². The summed E-state index contributed by atoms with van der Waals surface area (Å²) >= 11 is 0. The van der Waals surface area contributed by atoms with E-state index >= 15 is 0 Å². The summed E-state index contributed by atoms with van der Waals surface area (Å²) in [5, 5.41) is 11.3. The first kappa shape index (κ1) is 25.8. The molecular formula is C25H26FN5O6S. The van der Waals surface area contributed by atoms with Crippen LogP contribution in [0.2, 0.25) is 0 Å². The van der Waals surface area contributed by atoms with Crippen LogP contribution in [-0.4, -0.2) is 89.2 Å². The number of aromatic hydroxyl groups is 1. The number of rotatable bonds is 5. The minimum atomic E-state index is -3.60. The van der Waals surface area contributed by atoms with E-state index in [4.69, 9.17) is 4.74 Å². The van der Waals surface area contributed by atoms with Gasteiger partial charge < -0.3 is 19.6 Å². The predicted octanol–water partition coefficient (Wildman–Crippen LogP) is 2.16. The van der Waals surface area contributed by atoms with Gasteiger partial charge in [-0.1, -0.05) is 12.1 Å². The minimum absolute atomic E-state index is 0.00278. The van der Waals surface area contributed by atoms with Gasteiger partial charge in [0.15, 0.2) is 5.75 Å². The molecular weight excluding hydrogens is 517 g/mol. The van der Waals surface area contributed by atoms with Crippen molar-refractivity contribution in [3.8, 4) is 11.5 Å². The maximum Gasteiger partial charge on any atom is 0.415 e. The number of carbonyl (C=O) groups excluding carboxylic acids is 2. The van der Waals surface area contributed by atoms with Crippen LogP contribution < -0.4 is 4.74 Å². The summed E-state index contributed by atoms with van der Waals surface area (Å²) in [5.74, 6) is -1.04. The molecule has 2 amide bonds. The molecule has 3 aromatic rings. The van der Waals surface area contributed by atoms with E-state index in [1.54, 1.807) is 24.3 Å². The number of phenolic OH excluding ortho intramolecular Hbond substituents is 1. The molecule has 0 radical (unpaired) electrons. The molecule has 200 valence electrons. The number of phenols is 1. The summed E-state index contributed by atoms with van der Waals surface area (Å²) in [6.45, 7) is 0.676. The van der Waals surface area contributed by atoms with Gasteiger partial charge in [0.1, 0.15) is 17.1 Å². The van der Waals surface area contributed by atoms with Crippen LogP contribution in [0.15, 0.2) is 42.6 Å². The Bertz CT molecular complexity index is 1520. The van der Waals surface area contributed by atoms with E-state index < -0.39 is 28.0 Å². The molecule has 0 unspecified atom stereocenters. The minimum Gasteiger partial charge on any atom is -0.505 e. The van der Waals surface area contributed by atoms with Crippen LogP contribution in [0, 0.1) is 5.82 Å². The Morgan fingerprint density at radius 1 is 1.13 bits per heavy atom. The molecule has 0 atom stereocenters. The number of hydrogen-bond acceptors (Lipinski definition) is 7. The van der Waals surface area contributed by atoms with E-state index in [0.717, 1.165) is 4.31 Å². The summed E-state index contributed by atoms with van der Waals surface area (Å²) in [6, 6.07) is 9.01. The highest BCUT2D eigenvalue weighted by Gasteiger charge is 2.37. The quantitative estimate of drug-likeness (QED) is 0.523. The fourth-order valence-electron chi connectivity index (χ4n) is 4.66. The highest BCUT2D eigenvalue weighted by Crippen LogP contribution is 2.44. The largest absolute Gasteiger partial charge is 0.505 e. The van der Waals surface area contributed by atoms with Crippen molar-refractivity contribution in [2.45, 2.75) is 13.1 Å². The Kier molecular flexibility index (Phi) is 6.67. The summed E-state index contributed by atoms with van der Waals surface area (Å²) in [4.78, 5) is 33.6. The molecule has 2 aromatic carbocycles. The second-order valence-corrected chi connectivity index (χ2v) is 11.4. The van der Waals surface area contributed by atoms with Gasteiger partial charge in [-0.3, -0.25) is 9.78 Å². The number of halogens is 1. The van der Waals surface area contributed by atoms with Crippen LogP contribution in [0.5, 0.6) is 11.5 Å². The predicted molar refractivity (Wildman–Crippen MR) is 135 cm³/mol. The molecule has 2 aliphatic rings. The van der Waals surface area contributed by atoms with Crippen LogP contribution >= 0.6 is 0 Å². The summed E-state index contributed by atoms with van der Waals surface area (Å²) in [6.07, 6.45) is 0.759. The third-order valence-electron chi connectivity index (χ3n) is 6.70. The Hall–Kier alpha value is -3.81. The van der Waals surface area contributed by atoms with Crippen LogP contribution in [0.1, 0.15) is 21.5 Å². The van der Waals surface area contributed by atoms with Crippen molar-refractivity contribution >= 4 is 33.1 Å². The van der Waals surface area contributed by atoms with Gasteiger partial charge in [-0.15, -0.1) is 0 Å². The Labute approximate surface area is 218 Å². The van der Waals surface area contributed by atoms with E-state index in [0.29, 0.717) is 16.5 Å². The molecule has 13 heteroatoms. The van der Waals surface area contributed by atoms with Gasteiger partial charge in [-0.2, -0.15) is 17.0 Å². The molecule has 0 saturated carbocycles. The Balaban J connectivity index is 1.43. The van der Waals surface area contributed by atoms with Gasteiger partial charge in [-0.25, -0.2) is 9.18 Å². The summed E-state index contributed by atoms with van der Waals surface area (Å²) in [7, 11) is -0.711. The lowest BCUT2D eigenvalue weighted by Crippen LogP contribution is -2.53. The first-order chi connectivity index (χ1) is 18.1. The molecule has 38 heavy (non-hydrogen) atoms. The van der Waals surface area contributed by atoms with Crippen molar-refractivity contribution < 1.29 is 32.2 Å². The Morgan fingerprint density at radius 3 is 2.47 bits per heavy atom. The zero-order chi connectivity index (χ0) is 27.2. The molecule has 1 saturated heterocycles. The zero-order valence-corrected chi connectivity index (χ0v) is 21.6. The first-order valence-corrected chi connectivity index (χ1v) is 13.3. The van der Waals surface area contributed by atoms with Crippen molar-refractivity contribution in [3.63, 3.8) is 0 Å². The number of benzene rings is 2. The van der Waals surface area contributed by atoms with Crippen LogP contribution in [0.4, 0.5) is 9.18 Å². The van der Waals surface area contributed by atoms with Crippen molar-refractivity contribution in [2.24, 2.45) is 0 Å². The molecule has 2 aliphatic heterocycles. The van der Waals surface area contributed by atoms with Crippen molar-refractivity contribution in [3.05, 3.63) is 65.1 Å². The SMILES string of the molecule is CN(C)S(=O)(=O)N1CCN(C(=O)Oc2c3c(c(O)c4ncccc24)C(=O)N(Cc2ccc(F)cc2)C3)CC1. The molecule has 0 aliphatic carbocycles. The third-order valence-corrected chi connectivity index (χ3v) is 8.64. The maximum atomic E-state index is 13.3. The topological polar surface area (TPSA) is 124 Å². The third kappa shape index (κ3) is 4.52. The molecule has 1 aromatic heterocycles. The molecule has 1 fully saturated rings. The number of piperazine rings is 1. The van der Waals surface area contributed by atoms with Crippen molar-refractivity contribution in [1.82, 2.24) is 23.4 Å². The van der Waals surface area contributed by atoms with Crippen LogP contribution in [0.25, 0.3) is 10.9 Å². The fraction of sp³-hybridized carbons (Fsp3) is 0.320. The zero-order valence-electron chi connectivity index (χ0n) is 20.8. The second kappa shape index (κ2) is 9.82. The van der Waals surface area contributed by atoms with E-state index in [9.17, 15) is 27.5 Å². The van der Waals surface area contributed by atoms with Gasteiger partial charge in [0.25, 0.3) is 16.1 Å². The summed E-state index contributed by atoms with van der Waals surface area (Å²) in [5.41, 5.74) is 1.16. The van der Waals surface area contributed by atoms with E-state index in [1.807, 2.05) is 0 Å². The lowest BCUT2D eigenvalue weighted by Gasteiger charge is -2.34. The number of hydrogen-bond donors (Lipinski definition) is 1. The molecule has 3 heterocycles. The highest BCUT2D eigenvalue weighted by molar-refractivity contribution is 7.86. The number of fused-ring (bicyclic) bond motifs is 2. The van der Waals surface area contributed by atoms with Gasteiger partial charge >= 0.3 is 6.09 Å². The van der Waals surface area contributed by atoms with Gasteiger partial charge in [0, 0.05) is 64.0 Å². The lowest BCUT2D eigenvalue weighted by atomic mass is 10.0. The molecule has 11 nitrogen and oxygen atoms in total. The average molecular weight is 544 g/mol. The molecule has 1 N–H and O–H groups in total. The monoisotopic (exact) mass is 543 g/mol. The van der Waals surface area contributed by atoms with E-state index in [-0.39, 0.29) is 61.8 Å². The Morgan fingerprint density at radius 2 is 1.82 bits per heavy atom. The number of pyridine rings is 1. The summed E-state index contributed by atoms with van der Waals surface area (Å²) < 4.78 is 46.4. The smallest absolute Gasteiger partial charge is 0.415 e. The van der Waals surface area contributed by atoms with Gasteiger partial charge in [0.05, 0.1) is 12.1 Å². The normalized spacial score (nSPS) is 16.4. The van der Waals surface area contributed by atoms with Crippen molar-refractivity contribution in [1.29, 1.82) is 0 Å². The van der Waals surface area contributed by atoms with E-state index in [1.165, 1.54) is 46.5 Å². The molecule has 0 bridgehead atoms. The highest BCUT2D eigenvalue weighted by atomic mass is 32.2. The maximum absolute atomic E-state index is 13.3. The number of amides is 2. The number of carbonyl (C=O) groups is 2. The number of aromatic nitrogens is 1. The van der Waals surface area contributed by atoms with Crippen LogP contribution in [0.3, 0.4) is 0 Å². The lowest BCUT2D eigenvalue weighted by molar-refractivity contribution is 0.0764.